The number of ether oxygens (including phenoxy) is 6. The van der Waals surface area contributed by atoms with Gasteiger partial charge in [-0.25, -0.2) is 28.8 Å². The molecule has 0 radical (unpaired) electrons. The molecule has 0 aromatic heterocycles. The maximum atomic E-state index is 14.2. The lowest BCUT2D eigenvalue weighted by Crippen LogP contribution is -2.48. The van der Waals surface area contributed by atoms with Gasteiger partial charge in [-0.05, 0) is 152 Å². The number of carbonyl (C=O) groups is 6. The molecule has 6 atom stereocenters. The molecule has 0 aliphatic rings. The number of halogens is 3. The Bertz CT molecular complexity index is 5790. The van der Waals surface area contributed by atoms with E-state index in [2.05, 4.69) is 10.3 Å². The zero-order valence-electron chi connectivity index (χ0n) is 64.2. The van der Waals surface area contributed by atoms with Gasteiger partial charge in [0, 0.05) is 0 Å². The van der Waals surface area contributed by atoms with Crippen molar-refractivity contribution < 1.29 is 84.6 Å². The van der Waals surface area contributed by atoms with Crippen LogP contribution in [0.5, 0.6) is 0 Å². The Hall–Kier alpha value is -13.6. The zero-order chi connectivity index (χ0) is 84.3. The SMILES string of the molecule is CO/N=C/[C@H](OC(=O)c1ccc(-c2ccccc2)cc1)[C@@H](OC(=O)c1ccc(-c2ccccc2)cc1)[C@@H](O)COC(=O)c1ccc(-c2ccccc2)cc1.CO/N=C/[C@H](OC(=O)c1ccc(-c2ccccc2)cc1)[C@@H](OC(=O)c1ccc(-c2ccccc2)cc1)[C@H](COC(=O)c1ccc(-c2ccccc2)cc1)OS(=O)(=O)c1cc(Cl)c(Cl)cc1Cl. The second-order valence-corrected chi connectivity index (χ2v) is 29.3. The fourth-order valence-electron chi connectivity index (χ4n) is 12.3. The minimum absolute atomic E-state index is 0.0228. The number of oxime groups is 2. The number of aliphatic hydroxyl groups excluding tert-OH is 1. The molecule has 0 spiro atoms. The van der Waals surface area contributed by atoms with E-state index in [1.807, 2.05) is 182 Å². The van der Waals surface area contributed by atoms with Gasteiger partial charge in [0.05, 0.1) is 60.9 Å². The average molecular weight is 1680 g/mol. The normalized spacial score (nSPS) is 12.7. The minimum Gasteiger partial charge on any atom is -0.459 e. The highest BCUT2D eigenvalue weighted by Crippen LogP contribution is 2.35. The highest BCUT2D eigenvalue weighted by Gasteiger charge is 2.42. The first-order valence-electron chi connectivity index (χ1n) is 37.3. The molecule has 0 saturated carbocycles. The molecule has 0 heterocycles. The fraction of sp³-hybridized carbons (Fsp3) is 0.104. The van der Waals surface area contributed by atoms with Gasteiger partial charge >= 0.3 is 35.8 Å². The van der Waals surface area contributed by atoms with Crippen LogP contribution in [0, 0.1) is 0 Å². The molecule has 0 fully saturated rings. The summed E-state index contributed by atoms with van der Waals surface area (Å²) in [5, 5.41) is 18.4. The summed E-state index contributed by atoms with van der Waals surface area (Å²) in [6.45, 7) is -1.51. The minimum atomic E-state index is -5.00. The number of benzene rings is 13. The van der Waals surface area contributed by atoms with Crippen LogP contribution in [0.4, 0.5) is 0 Å². The lowest BCUT2D eigenvalue weighted by atomic mass is 10.0. The number of rotatable bonds is 31. The molecule has 20 nitrogen and oxygen atoms in total. The van der Waals surface area contributed by atoms with Gasteiger partial charge in [-0.3, -0.25) is 4.18 Å². The van der Waals surface area contributed by atoms with E-state index in [1.54, 1.807) is 109 Å². The molecule has 0 aliphatic carbocycles. The van der Waals surface area contributed by atoms with Crippen LogP contribution in [0.1, 0.15) is 62.1 Å². The van der Waals surface area contributed by atoms with Crippen molar-refractivity contribution in [3.8, 4) is 66.8 Å². The molecule has 0 amide bonds. The summed E-state index contributed by atoms with van der Waals surface area (Å²) < 4.78 is 69.0. The predicted octanol–water partition coefficient (Wildman–Crippen LogP) is 20.0. The predicted molar refractivity (Wildman–Crippen MR) is 459 cm³/mol. The van der Waals surface area contributed by atoms with E-state index >= 15 is 0 Å². The van der Waals surface area contributed by atoms with Crippen LogP contribution in [0.2, 0.25) is 15.1 Å². The standard InChI is InChI=1S/C51H38Cl3NO10S.C45H37NO8/c1-61-55-31-45(63-50(57)40-25-19-37(20-26-40)34-13-7-3-8-14-34)48(64-51(58)41-27-21-38(22-28-41)35-15-9-4-10-16-35)46(65-66(59,60)47-30-43(53)42(52)29-44(47)54)32-62-49(56)39-23-17-36(18-24-39)33-11-5-2-6-12-33;1-51-46-29-41(53-44(49)38-25-19-35(20-26-38)32-13-7-3-8-14-32)42(54-45(50)39-27-21-36(22-28-39)33-15-9-4-10-16-33)40(47)30-52-43(48)37-23-17-34(18-24-37)31-11-5-2-6-12-31/h2-31,45-46,48H,32H2,1H3;2-29,40-42,47H,30H2,1H3/b55-31+;46-29+/t45-,46-,48+;40-,41-,42-/m00/s1. The van der Waals surface area contributed by atoms with E-state index in [-0.39, 0.29) is 48.4 Å². The maximum Gasteiger partial charge on any atom is 0.338 e. The van der Waals surface area contributed by atoms with Crippen LogP contribution in [-0.2, 0) is 52.4 Å². The van der Waals surface area contributed by atoms with Crippen LogP contribution in [0.25, 0.3) is 66.8 Å². The summed E-state index contributed by atoms with van der Waals surface area (Å²) in [5.41, 5.74) is 11.5. The summed E-state index contributed by atoms with van der Waals surface area (Å²) in [5.74, 6) is -5.14. The smallest absolute Gasteiger partial charge is 0.338 e. The second-order valence-electron chi connectivity index (χ2n) is 26.6. The molecule has 1 N–H and O–H groups in total. The van der Waals surface area contributed by atoms with Crippen LogP contribution in [0.15, 0.2) is 355 Å². The molecule has 13 aromatic carbocycles. The molecule has 0 unspecified atom stereocenters. The third kappa shape index (κ3) is 23.2. The third-order valence-corrected chi connectivity index (χ3v) is 21.1. The van der Waals surface area contributed by atoms with E-state index in [0.717, 1.165) is 91.3 Å². The molecule has 0 saturated heterocycles. The van der Waals surface area contributed by atoms with Crippen LogP contribution in [0.3, 0.4) is 0 Å². The van der Waals surface area contributed by atoms with Gasteiger partial charge in [-0.1, -0.05) is 300 Å². The number of esters is 6. The van der Waals surface area contributed by atoms with E-state index in [1.165, 1.54) is 50.6 Å². The van der Waals surface area contributed by atoms with Crippen molar-refractivity contribution in [3.63, 3.8) is 0 Å². The Kier molecular flexibility index (Phi) is 30.0. The number of nitrogens with zero attached hydrogens (tertiary/aromatic N) is 2. The molecule has 24 heteroatoms. The Morgan fingerprint density at radius 2 is 0.558 bits per heavy atom. The third-order valence-electron chi connectivity index (χ3n) is 18.6. The quantitative estimate of drug-likeness (QED) is 0.0106. The molecular weight excluding hydrogens is 1610 g/mol. The summed E-state index contributed by atoms with van der Waals surface area (Å²) >= 11 is 18.7. The number of carbonyl (C=O) groups excluding carboxylic acids is 6. The van der Waals surface area contributed by atoms with Crippen molar-refractivity contribution in [2.24, 2.45) is 10.3 Å². The summed E-state index contributed by atoms with van der Waals surface area (Å²) in [6.07, 6.45) is -8.28. The lowest BCUT2D eigenvalue weighted by Gasteiger charge is -2.30. The monoisotopic (exact) mass is 1680 g/mol. The molecule has 120 heavy (non-hydrogen) atoms. The van der Waals surface area contributed by atoms with Gasteiger partial charge in [-0.2, -0.15) is 8.42 Å². The van der Waals surface area contributed by atoms with Crippen LogP contribution >= 0.6 is 34.8 Å². The largest absolute Gasteiger partial charge is 0.459 e. The number of aliphatic hydroxyl groups is 1. The molecular formula is C96H75Cl3N2O18S. The molecule has 13 aromatic rings. The summed E-state index contributed by atoms with van der Waals surface area (Å²) in [7, 11) is -2.50. The van der Waals surface area contributed by atoms with Crippen molar-refractivity contribution in [2.45, 2.75) is 41.5 Å². The summed E-state index contributed by atoms with van der Waals surface area (Å²) in [6, 6.07) is 99.0. The van der Waals surface area contributed by atoms with Crippen molar-refractivity contribution in [2.75, 3.05) is 27.4 Å². The summed E-state index contributed by atoms with van der Waals surface area (Å²) in [4.78, 5) is 91.2. The first-order chi connectivity index (χ1) is 58.3. The molecule has 13 rings (SSSR count). The van der Waals surface area contributed by atoms with Crippen molar-refractivity contribution in [3.05, 3.63) is 388 Å². The van der Waals surface area contributed by atoms with Crippen LogP contribution in [-0.4, -0.2) is 126 Å². The van der Waals surface area contributed by atoms with Gasteiger partial charge in [0.25, 0.3) is 10.1 Å². The Morgan fingerprint density at radius 1 is 0.317 bits per heavy atom. The molecule has 0 aliphatic heterocycles. The van der Waals surface area contributed by atoms with E-state index in [9.17, 15) is 42.3 Å². The highest BCUT2D eigenvalue weighted by atomic mass is 35.5. The van der Waals surface area contributed by atoms with Crippen molar-refractivity contribution >= 4 is 93.2 Å². The van der Waals surface area contributed by atoms with Crippen molar-refractivity contribution in [1.29, 1.82) is 0 Å². The first kappa shape index (κ1) is 85.7. The van der Waals surface area contributed by atoms with Gasteiger partial charge in [0.1, 0.15) is 38.4 Å². The van der Waals surface area contributed by atoms with E-state index in [4.69, 9.17) is 77.1 Å². The molecule has 604 valence electrons. The van der Waals surface area contributed by atoms with Crippen molar-refractivity contribution in [1.82, 2.24) is 0 Å². The Balaban J connectivity index is 0.000000224. The van der Waals surface area contributed by atoms with E-state index < -0.39 is 101 Å². The van der Waals surface area contributed by atoms with Gasteiger partial charge < -0.3 is 43.2 Å². The highest BCUT2D eigenvalue weighted by molar-refractivity contribution is 7.87. The fourth-order valence-corrected chi connectivity index (χ4v) is 14.4. The lowest BCUT2D eigenvalue weighted by molar-refractivity contribution is -0.0784. The van der Waals surface area contributed by atoms with Gasteiger partial charge in [0.2, 0.25) is 0 Å². The average Bonchev–Trinajstić information content (AvgIpc) is 0.786. The van der Waals surface area contributed by atoms with E-state index in [0.29, 0.717) is 0 Å². The number of hydrogen-bond acceptors (Lipinski definition) is 20. The van der Waals surface area contributed by atoms with Gasteiger partial charge in [-0.15, -0.1) is 0 Å². The second kappa shape index (κ2) is 42.0. The molecule has 0 bridgehead atoms. The Labute approximate surface area is 707 Å². The first-order valence-corrected chi connectivity index (χ1v) is 39.8. The van der Waals surface area contributed by atoms with Gasteiger partial charge in [0.15, 0.2) is 30.5 Å². The topological polar surface area (TPSA) is 265 Å². The maximum absolute atomic E-state index is 14.2. The zero-order valence-corrected chi connectivity index (χ0v) is 67.3. The van der Waals surface area contributed by atoms with Crippen LogP contribution < -0.4 is 0 Å². The number of hydrogen-bond donors (Lipinski definition) is 1. The Morgan fingerprint density at radius 3 is 0.850 bits per heavy atom.